The van der Waals surface area contributed by atoms with Crippen molar-refractivity contribution in [1.82, 2.24) is 0 Å². The number of benzene rings is 2. The fourth-order valence-corrected chi connectivity index (χ4v) is 2.74. The molecule has 23 heavy (non-hydrogen) atoms. The molecule has 0 aliphatic carbocycles. The lowest BCUT2D eigenvalue weighted by atomic mass is 9.96. The Hall–Kier alpha value is -2.09. The molecule has 0 aliphatic heterocycles. The van der Waals surface area contributed by atoms with Crippen LogP contribution in [0.1, 0.15) is 56.0 Å². The average Bonchev–Trinajstić information content (AvgIpc) is 2.60. The first-order valence-electron chi connectivity index (χ1n) is 8.56. The van der Waals surface area contributed by atoms with Crippen molar-refractivity contribution >= 4 is 6.21 Å². The summed E-state index contributed by atoms with van der Waals surface area (Å²) in [5, 5.41) is 0. The highest BCUT2D eigenvalue weighted by Crippen LogP contribution is 2.24. The Bertz CT molecular complexity index is 661. The zero-order valence-corrected chi connectivity index (χ0v) is 14.7. The van der Waals surface area contributed by atoms with E-state index in [1.807, 2.05) is 37.4 Å². The smallest absolute Gasteiger partial charge is 0.128 e. The maximum absolute atomic E-state index is 5.66. The summed E-state index contributed by atoms with van der Waals surface area (Å²) in [6.45, 7) is 9.22. The van der Waals surface area contributed by atoms with Gasteiger partial charge in [0.25, 0.3) is 0 Å². The molecule has 2 aromatic carbocycles. The molecule has 2 aromatic rings. The van der Waals surface area contributed by atoms with Gasteiger partial charge in [-0.25, -0.2) is 0 Å². The van der Waals surface area contributed by atoms with Gasteiger partial charge in [0.05, 0.1) is 12.6 Å². The van der Waals surface area contributed by atoms with E-state index in [1.165, 1.54) is 16.7 Å². The molecule has 2 nitrogen and oxygen atoms in total. The summed E-state index contributed by atoms with van der Waals surface area (Å²) >= 11 is 0. The van der Waals surface area contributed by atoms with E-state index < -0.39 is 0 Å². The van der Waals surface area contributed by atoms with Gasteiger partial charge in [0, 0.05) is 11.8 Å². The summed E-state index contributed by atoms with van der Waals surface area (Å²) < 4.78 is 5.66. The Kier molecular flexibility index (Phi) is 6.40. The topological polar surface area (TPSA) is 21.6 Å². The van der Waals surface area contributed by atoms with Crippen LogP contribution in [0.2, 0.25) is 0 Å². The van der Waals surface area contributed by atoms with Crippen LogP contribution in [0, 0.1) is 0 Å². The lowest BCUT2D eigenvalue weighted by Gasteiger charge is -2.14. The molecule has 0 N–H and O–H groups in total. The minimum atomic E-state index is 0.144. The molecule has 2 rings (SSSR count). The van der Waals surface area contributed by atoms with Crippen LogP contribution >= 0.6 is 0 Å². The standard InChI is InChI=1S/C21H27NO/c1-5-17-12-13-20(18(6-2)14-17)16(4)22-15-19-10-8-9-11-21(19)23-7-3/h8-16H,5-7H2,1-4H3. The van der Waals surface area contributed by atoms with Gasteiger partial charge in [-0.05, 0) is 55.5 Å². The highest BCUT2D eigenvalue weighted by molar-refractivity contribution is 5.83. The minimum absolute atomic E-state index is 0.144. The Balaban J connectivity index is 2.23. The van der Waals surface area contributed by atoms with Gasteiger partial charge in [0.1, 0.15) is 5.75 Å². The zero-order valence-electron chi connectivity index (χ0n) is 14.7. The molecule has 0 amide bonds. The van der Waals surface area contributed by atoms with Crippen molar-refractivity contribution in [2.45, 2.75) is 46.6 Å². The average molecular weight is 309 g/mol. The quantitative estimate of drug-likeness (QED) is 0.628. The summed E-state index contributed by atoms with van der Waals surface area (Å²) in [4.78, 5) is 4.77. The molecule has 0 aliphatic rings. The van der Waals surface area contributed by atoms with E-state index in [4.69, 9.17) is 9.73 Å². The van der Waals surface area contributed by atoms with Gasteiger partial charge in [-0.2, -0.15) is 0 Å². The predicted molar refractivity (Wildman–Crippen MR) is 98.8 cm³/mol. The predicted octanol–water partition coefficient (Wildman–Crippen LogP) is 5.39. The Morgan fingerprint density at radius 1 is 1.04 bits per heavy atom. The van der Waals surface area contributed by atoms with Crippen LogP contribution < -0.4 is 4.74 Å². The number of rotatable bonds is 7. The number of nitrogens with zero attached hydrogens (tertiary/aromatic N) is 1. The van der Waals surface area contributed by atoms with Crippen LogP contribution in [0.3, 0.4) is 0 Å². The van der Waals surface area contributed by atoms with Crippen LogP contribution in [0.4, 0.5) is 0 Å². The van der Waals surface area contributed by atoms with Crippen molar-refractivity contribution in [3.05, 3.63) is 64.7 Å². The summed E-state index contributed by atoms with van der Waals surface area (Å²) in [5.41, 5.74) is 5.13. The molecule has 0 spiro atoms. The molecule has 0 fully saturated rings. The number of hydrogen-bond acceptors (Lipinski definition) is 2. The molecule has 2 heteroatoms. The SMILES string of the molecule is CCOc1ccccc1C=NC(C)c1ccc(CC)cc1CC. The van der Waals surface area contributed by atoms with E-state index >= 15 is 0 Å². The Morgan fingerprint density at radius 3 is 2.52 bits per heavy atom. The summed E-state index contributed by atoms with van der Waals surface area (Å²) in [6.07, 6.45) is 4.05. The van der Waals surface area contributed by atoms with Gasteiger partial charge in [-0.1, -0.05) is 44.2 Å². The minimum Gasteiger partial charge on any atom is -0.493 e. The second-order valence-electron chi connectivity index (χ2n) is 5.67. The van der Waals surface area contributed by atoms with Gasteiger partial charge in [-0.3, -0.25) is 4.99 Å². The van der Waals surface area contributed by atoms with Gasteiger partial charge in [0.2, 0.25) is 0 Å². The summed E-state index contributed by atoms with van der Waals surface area (Å²) in [6, 6.07) is 14.9. The second kappa shape index (κ2) is 8.52. The number of para-hydroxylation sites is 1. The first kappa shape index (κ1) is 17.3. The van der Waals surface area contributed by atoms with E-state index in [9.17, 15) is 0 Å². The number of aryl methyl sites for hydroxylation is 2. The van der Waals surface area contributed by atoms with Crippen LogP contribution in [-0.2, 0) is 12.8 Å². The molecule has 0 aromatic heterocycles. The molecule has 1 unspecified atom stereocenters. The van der Waals surface area contributed by atoms with Gasteiger partial charge >= 0.3 is 0 Å². The van der Waals surface area contributed by atoms with E-state index in [0.29, 0.717) is 6.61 Å². The zero-order chi connectivity index (χ0) is 16.7. The van der Waals surface area contributed by atoms with Crippen molar-refractivity contribution in [2.24, 2.45) is 4.99 Å². The molecule has 0 radical (unpaired) electrons. The molecule has 0 saturated heterocycles. The highest BCUT2D eigenvalue weighted by Gasteiger charge is 2.09. The van der Waals surface area contributed by atoms with Crippen LogP contribution in [0.15, 0.2) is 47.5 Å². The van der Waals surface area contributed by atoms with Crippen molar-refractivity contribution in [1.29, 1.82) is 0 Å². The Labute approximate surface area is 140 Å². The van der Waals surface area contributed by atoms with Crippen LogP contribution in [0.25, 0.3) is 0 Å². The van der Waals surface area contributed by atoms with Crippen LogP contribution in [0.5, 0.6) is 5.75 Å². The molecular formula is C21H27NO. The summed E-state index contributed by atoms with van der Waals surface area (Å²) in [5.74, 6) is 0.892. The van der Waals surface area contributed by atoms with Gasteiger partial charge in [0.15, 0.2) is 0 Å². The fraction of sp³-hybridized carbons (Fsp3) is 0.381. The van der Waals surface area contributed by atoms with Crippen molar-refractivity contribution in [3.8, 4) is 5.75 Å². The first-order valence-corrected chi connectivity index (χ1v) is 8.56. The van der Waals surface area contributed by atoms with Crippen molar-refractivity contribution in [2.75, 3.05) is 6.61 Å². The lowest BCUT2D eigenvalue weighted by molar-refractivity contribution is 0.340. The normalized spacial score (nSPS) is 12.5. The third kappa shape index (κ3) is 4.44. The molecule has 0 saturated carbocycles. The van der Waals surface area contributed by atoms with E-state index in [-0.39, 0.29) is 6.04 Å². The van der Waals surface area contributed by atoms with Crippen molar-refractivity contribution < 1.29 is 4.74 Å². The third-order valence-corrected chi connectivity index (χ3v) is 4.10. The number of hydrogen-bond donors (Lipinski definition) is 0. The Morgan fingerprint density at radius 2 is 1.83 bits per heavy atom. The number of ether oxygens (including phenoxy) is 1. The molecule has 1 atom stereocenters. The van der Waals surface area contributed by atoms with Gasteiger partial charge in [-0.15, -0.1) is 0 Å². The largest absolute Gasteiger partial charge is 0.493 e. The highest BCUT2D eigenvalue weighted by atomic mass is 16.5. The van der Waals surface area contributed by atoms with E-state index in [0.717, 1.165) is 24.2 Å². The van der Waals surface area contributed by atoms with E-state index in [1.54, 1.807) is 0 Å². The monoisotopic (exact) mass is 309 g/mol. The second-order valence-corrected chi connectivity index (χ2v) is 5.67. The number of aliphatic imine (C=N–C) groups is 1. The molecule has 122 valence electrons. The summed E-state index contributed by atoms with van der Waals surface area (Å²) in [7, 11) is 0. The van der Waals surface area contributed by atoms with E-state index in [2.05, 4.69) is 39.0 Å². The lowest BCUT2D eigenvalue weighted by Crippen LogP contribution is -2.00. The van der Waals surface area contributed by atoms with Gasteiger partial charge < -0.3 is 4.74 Å². The maximum atomic E-state index is 5.66. The maximum Gasteiger partial charge on any atom is 0.128 e. The van der Waals surface area contributed by atoms with Crippen LogP contribution in [-0.4, -0.2) is 12.8 Å². The molecule has 0 heterocycles. The third-order valence-electron chi connectivity index (χ3n) is 4.10. The van der Waals surface area contributed by atoms with Crippen molar-refractivity contribution in [3.63, 3.8) is 0 Å². The fourth-order valence-electron chi connectivity index (χ4n) is 2.74. The first-order chi connectivity index (χ1) is 11.2. The molecule has 0 bridgehead atoms. The molecular weight excluding hydrogens is 282 g/mol.